The lowest BCUT2D eigenvalue weighted by Gasteiger charge is -2.24. The van der Waals surface area contributed by atoms with Crippen LogP contribution in [0.4, 0.5) is 5.82 Å². The number of aromatic nitrogens is 1. The molecule has 0 fully saturated rings. The Morgan fingerprint density at radius 1 is 1.39 bits per heavy atom. The van der Waals surface area contributed by atoms with Gasteiger partial charge in [0.15, 0.2) is 0 Å². The maximum Gasteiger partial charge on any atom is 0.139 e. The van der Waals surface area contributed by atoms with Crippen LogP contribution in [0.3, 0.4) is 0 Å². The van der Waals surface area contributed by atoms with Gasteiger partial charge in [-0.3, -0.25) is 5.41 Å². The van der Waals surface area contributed by atoms with Crippen molar-refractivity contribution in [3.63, 3.8) is 0 Å². The molecule has 18 heavy (non-hydrogen) atoms. The van der Waals surface area contributed by atoms with Crippen molar-refractivity contribution in [1.29, 1.82) is 5.41 Å². The van der Waals surface area contributed by atoms with Crippen molar-refractivity contribution in [1.82, 2.24) is 9.88 Å². The molecule has 1 aromatic heterocycles. The first-order chi connectivity index (χ1) is 8.56. The van der Waals surface area contributed by atoms with Gasteiger partial charge >= 0.3 is 0 Å². The van der Waals surface area contributed by atoms with Crippen LogP contribution < -0.4 is 10.6 Å². The van der Waals surface area contributed by atoms with Crippen molar-refractivity contribution < 1.29 is 0 Å². The van der Waals surface area contributed by atoms with Gasteiger partial charge in [-0.25, -0.2) is 4.98 Å². The summed E-state index contributed by atoms with van der Waals surface area (Å²) in [6, 6.07) is 3.66. The van der Waals surface area contributed by atoms with Gasteiger partial charge in [0.25, 0.3) is 0 Å². The molecule has 0 aliphatic rings. The van der Waals surface area contributed by atoms with Crippen LogP contribution in [0.25, 0.3) is 0 Å². The molecule has 0 atom stereocenters. The maximum atomic E-state index is 7.59. The fraction of sp³-hybridized carbons (Fsp3) is 0.538. The molecule has 100 valence electrons. The van der Waals surface area contributed by atoms with Crippen molar-refractivity contribution in [3.05, 3.63) is 23.9 Å². The van der Waals surface area contributed by atoms with Crippen LogP contribution in [0.1, 0.15) is 18.9 Å². The van der Waals surface area contributed by atoms with E-state index in [1.165, 1.54) is 0 Å². The lowest BCUT2D eigenvalue weighted by Crippen LogP contribution is -2.30. The Morgan fingerprint density at radius 3 is 2.67 bits per heavy atom. The summed E-state index contributed by atoms with van der Waals surface area (Å²) in [6.07, 6.45) is 2.81. The third kappa shape index (κ3) is 4.00. The third-order valence-corrected chi connectivity index (χ3v) is 2.79. The van der Waals surface area contributed by atoms with Crippen LogP contribution in [-0.4, -0.2) is 49.4 Å². The van der Waals surface area contributed by atoms with E-state index in [-0.39, 0.29) is 5.84 Å². The van der Waals surface area contributed by atoms with E-state index in [1.54, 1.807) is 6.20 Å². The summed E-state index contributed by atoms with van der Waals surface area (Å²) in [6.45, 7) is 4.92. The largest absolute Gasteiger partial charge is 0.384 e. The summed E-state index contributed by atoms with van der Waals surface area (Å²) in [7, 11) is 4.14. The van der Waals surface area contributed by atoms with Gasteiger partial charge in [-0.1, -0.05) is 0 Å². The average Bonchev–Trinajstić information content (AvgIpc) is 2.34. The van der Waals surface area contributed by atoms with E-state index in [0.29, 0.717) is 5.56 Å². The molecule has 0 spiro atoms. The van der Waals surface area contributed by atoms with Gasteiger partial charge in [-0.05, 0) is 46.1 Å². The van der Waals surface area contributed by atoms with Gasteiger partial charge in [0.2, 0.25) is 0 Å². The number of hydrogen-bond acceptors (Lipinski definition) is 4. The molecule has 0 bridgehead atoms. The zero-order chi connectivity index (χ0) is 13.5. The predicted molar refractivity (Wildman–Crippen MR) is 76.3 cm³/mol. The first-order valence-corrected chi connectivity index (χ1v) is 6.25. The first-order valence-electron chi connectivity index (χ1n) is 6.25. The second-order valence-corrected chi connectivity index (χ2v) is 4.52. The molecule has 0 saturated carbocycles. The van der Waals surface area contributed by atoms with E-state index >= 15 is 0 Å². The summed E-state index contributed by atoms with van der Waals surface area (Å²) in [5.41, 5.74) is 6.30. The van der Waals surface area contributed by atoms with Crippen molar-refractivity contribution in [2.45, 2.75) is 13.3 Å². The minimum atomic E-state index is 0.0733. The molecule has 1 aromatic rings. The fourth-order valence-electron chi connectivity index (χ4n) is 1.85. The second-order valence-electron chi connectivity index (χ2n) is 4.52. The molecule has 0 aromatic carbocycles. The van der Waals surface area contributed by atoms with Crippen molar-refractivity contribution in [3.8, 4) is 0 Å². The third-order valence-electron chi connectivity index (χ3n) is 2.79. The summed E-state index contributed by atoms with van der Waals surface area (Å²) in [5, 5.41) is 7.59. The molecule has 5 nitrogen and oxygen atoms in total. The van der Waals surface area contributed by atoms with Gasteiger partial charge in [0.05, 0.1) is 5.56 Å². The van der Waals surface area contributed by atoms with Gasteiger partial charge in [0.1, 0.15) is 11.7 Å². The minimum Gasteiger partial charge on any atom is -0.384 e. The summed E-state index contributed by atoms with van der Waals surface area (Å²) in [4.78, 5) is 8.69. The van der Waals surface area contributed by atoms with E-state index in [9.17, 15) is 0 Å². The smallest absolute Gasteiger partial charge is 0.139 e. The van der Waals surface area contributed by atoms with Gasteiger partial charge in [0, 0.05) is 19.3 Å². The predicted octanol–water partition coefficient (Wildman–Crippen LogP) is 1.14. The summed E-state index contributed by atoms with van der Waals surface area (Å²) < 4.78 is 0. The highest BCUT2D eigenvalue weighted by Crippen LogP contribution is 2.16. The SMILES string of the molecule is CCN(CCCN(C)C)c1ncccc1C(=N)N. The van der Waals surface area contributed by atoms with Crippen LogP contribution in [-0.2, 0) is 0 Å². The molecular weight excluding hydrogens is 226 g/mol. The summed E-state index contributed by atoms with van der Waals surface area (Å²) in [5.74, 6) is 0.885. The lowest BCUT2D eigenvalue weighted by atomic mass is 10.2. The quantitative estimate of drug-likeness (QED) is 0.562. The Balaban J connectivity index is 2.78. The number of amidine groups is 1. The maximum absolute atomic E-state index is 7.59. The Morgan fingerprint density at radius 2 is 2.11 bits per heavy atom. The second kappa shape index (κ2) is 6.96. The van der Waals surface area contributed by atoms with E-state index in [4.69, 9.17) is 11.1 Å². The van der Waals surface area contributed by atoms with E-state index in [0.717, 1.165) is 31.9 Å². The van der Waals surface area contributed by atoms with E-state index < -0.39 is 0 Å². The van der Waals surface area contributed by atoms with Gasteiger partial charge < -0.3 is 15.5 Å². The van der Waals surface area contributed by atoms with Crippen LogP contribution in [0.2, 0.25) is 0 Å². The van der Waals surface area contributed by atoms with Crippen LogP contribution >= 0.6 is 0 Å². The van der Waals surface area contributed by atoms with Gasteiger partial charge in [-0.2, -0.15) is 0 Å². The van der Waals surface area contributed by atoms with Gasteiger partial charge in [-0.15, -0.1) is 0 Å². The molecule has 5 heteroatoms. The summed E-state index contributed by atoms with van der Waals surface area (Å²) >= 11 is 0. The fourth-order valence-corrected chi connectivity index (χ4v) is 1.85. The monoisotopic (exact) mass is 249 g/mol. The molecule has 0 radical (unpaired) electrons. The molecule has 0 saturated heterocycles. The number of nitrogens with one attached hydrogen (secondary N) is 1. The highest BCUT2D eigenvalue weighted by atomic mass is 15.2. The lowest BCUT2D eigenvalue weighted by molar-refractivity contribution is 0.400. The molecule has 1 heterocycles. The number of hydrogen-bond donors (Lipinski definition) is 2. The van der Waals surface area contributed by atoms with Crippen LogP contribution in [0.15, 0.2) is 18.3 Å². The van der Waals surface area contributed by atoms with Crippen molar-refractivity contribution >= 4 is 11.7 Å². The topological polar surface area (TPSA) is 69.2 Å². The molecule has 1 rings (SSSR count). The average molecular weight is 249 g/mol. The van der Waals surface area contributed by atoms with Crippen LogP contribution in [0, 0.1) is 5.41 Å². The minimum absolute atomic E-state index is 0.0733. The Labute approximate surface area is 109 Å². The highest BCUT2D eigenvalue weighted by Gasteiger charge is 2.12. The number of nitrogen functional groups attached to an aromatic ring is 1. The molecule has 0 unspecified atom stereocenters. The van der Waals surface area contributed by atoms with E-state index in [1.807, 2.05) is 12.1 Å². The first kappa shape index (κ1) is 14.4. The zero-order valence-electron chi connectivity index (χ0n) is 11.5. The molecular formula is C13H23N5. The standard InChI is InChI=1S/C13H23N5/c1-4-18(10-6-9-17(2)3)13-11(12(14)15)7-5-8-16-13/h5,7-8H,4,6,9-10H2,1-3H3,(H3,14,15). The number of rotatable bonds is 7. The number of pyridine rings is 1. The molecule has 0 amide bonds. The van der Waals surface area contributed by atoms with E-state index in [2.05, 4.69) is 35.8 Å². The van der Waals surface area contributed by atoms with Crippen molar-refractivity contribution in [2.75, 3.05) is 38.6 Å². The normalized spacial score (nSPS) is 10.7. The van der Waals surface area contributed by atoms with Crippen molar-refractivity contribution in [2.24, 2.45) is 5.73 Å². The highest BCUT2D eigenvalue weighted by molar-refractivity contribution is 5.99. The number of nitrogens with zero attached hydrogens (tertiary/aromatic N) is 3. The Kier molecular flexibility index (Phi) is 5.58. The molecule has 0 aliphatic heterocycles. The van der Waals surface area contributed by atoms with Crippen LogP contribution in [0.5, 0.6) is 0 Å². The molecule has 0 aliphatic carbocycles. The zero-order valence-corrected chi connectivity index (χ0v) is 11.5. The Bertz CT molecular complexity index is 389. The Hall–Kier alpha value is -1.62. The number of anilines is 1. The molecule has 3 N–H and O–H groups in total. The number of nitrogens with two attached hydrogens (primary N) is 1.